The van der Waals surface area contributed by atoms with Crippen LogP contribution in [0.1, 0.15) is 59.3 Å². The van der Waals surface area contributed by atoms with Gasteiger partial charge < -0.3 is 5.11 Å². The molecule has 3 nitrogen and oxygen atoms in total. The SMILES string of the molecule is CCCCCC(CC(=O)CC(C)C)C(=O)O. The zero-order valence-electron chi connectivity index (χ0n) is 10.7. The first kappa shape index (κ1) is 15.1. The molecular weight excluding hydrogens is 204 g/mol. The zero-order chi connectivity index (χ0) is 12.6. The van der Waals surface area contributed by atoms with Crippen molar-refractivity contribution in [2.45, 2.75) is 59.3 Å². The number of carboxylic acids is 1. The van der Waals surface area contributed by atoms with E-state index in [1.54, 1.807) is 0 Å². The number of hydrogen-bond acceptors (Lipinski definition) is 2. The van der Waals surface area contributed by atoms with Crippen molar-refractivity contribution in [3.63, 3.8) is 0 Å². The molecule has 0 spiro atoms. The maximum absolute atomic E-state index is 11.5. The molecule has 0 amide bonds. The minimum atomic E-state index is -0.826. The number of rotatable bonds is 9. The van der Waals surface area contributed by atoms with E-state index in [1.165, 1.54) is 0 Å². The lowest BCUT2D eigenvalue weighted by molar-refractivity contribution is -0.144. The van der Waals surface area contributed by atoms with Crippen molar-refractivity contribution in [2.24, 2.45) is 11.8 Å². The molecule has 3 heteroatoms. The first-order valence-corrected chi connectivity index (χ1v) is 6.21. The normalized spacial score (nSPS) is 12.8. The summed E-state index contributed by atoms with van der Waals surface area (Å²) in [5.41, 5.74) is 0. The van der Waals surface area contributed by atoms with Gasteiger partial charge in [0.25, 0.3) is 0 Å². The molecule has 1 unspecified atom stereocenters. The lowest BCUT2D eigenvalue weighted by Crippen LogP contribution is -2.18. The summed E-state index contributed by atoms with van der Waals surface area (Å²) in [6.07, 6.45) is 4.36. The van der Waals surface area contributed by atoms with E-state index in [4.69, 9.17) is 5.11 Å². The van der Waals surface area contributed by atoms with Gasteiger partial charge in [-0.3, -0.25) is 9.59 Å². The Balaban J connectivity index is 4.02. The average molecular weight is 228 g/mol. The van der Waals surface area contributed by atoms with E-state index < -0.39 is 11.9 Å². The Morgan fingerprint density at radius 1 is 1.12 bits per heavy atom. The first-order valence-electron chi connectivity index (χ1n) is 6.21. The van der Waals surface area contributed by atoms with Crippen LogP contribution >= 0.6 is 0 Å². The van der Waals surface area contributed by atoms with Crippen molar-refractivity contribution in [3.8, 4) is 0 Å². The van der Waals surface area contributed by atoms with Gasteiger partial charge in [0.2, 0.25) is 0 Å². The fourth-order valence-corrected chi connectivity index (χ4v) is 1.77. The van der Waals surface area contributed by atoms with Gasteiger partial charge >= 0.3 is 5.97 Å². The standard InChI is InChI=1S/C13H24O3/c1-4-5-6-7-11(13(15)16)9-12(14)8-10(2)3/h10-11H,4-9H2,1-3H3,(H,15,16). The van der Waals surface area contributed by atoms with Crippen LogP contribution in [0.2, 0.25) is 0 Å². The predicted octanol–water partition coefficient (Wildman–Crippen LogP) is 3.27. The van der Waals surface area contributed by atoms with Crippen LogP contribution in [0.5, 0.6) is 0 Å². The smallest absolute Gasteiger partial charge is 0.306 e. The Kier molecular flexibility index (Phi) is 7.86. The summed E-state index contributed by atoms with van der Waals surface area (Å²) in [5, 5.41) is 9.00. The largest absolute Gasteiger partial charge is 0.481 e. The van der Waals surface area contributed by atoms with Crippen molar-refractivity contribution in [3.05, 3.63) is 0 Å². The summed E-state index contributed by atoms with van der Waals surface area (Å²) in [5.74, 6) is -0.900. The van der Waals surface area contributed by atoms with Gasteiger partial charge in [0.1, 0.15) is 5.78 Å². The summed E-state index contributed by atoms with van der Waals surface area (Å²) >= 11 is 0. The number of aliphatic carboxylic acids is 1. The Morgan fingerprint density at radius 3 is 2.19 bits per heavy atom. The van der Waals surface area contributed by atoms with Crippen LogP contribution in [0.3, 0.4) is 0 Å². The topological polar surface area (TPSA) is 54.4 Å². The van der Waals surface area contributed by atoms with Gasteiger partial charge in [0.05, 0.1) is 5.92 Å². The third-order valence-electron chi connectivity index (χ3n) is 2.62. The highest BCUT2D eigenvalue weighted by Gasteiger charge is 2.20. The van der Waals surface area contributed by atoms with E-state index in [-0.39, 0.29) is 12.2 Å². The molecular formula is C13H24O3. The Bertz CT molecular complexity index is 221. The Labute approximate surface area is 98.2 Å². The third-order valence-corrected chi connectivity index (χ3v) is 2.62. The van der Waals surface area contributed by atoms with Crippen molar-refractivity contribution in [2.75, 3.05) is 0 Å². The number of carboxylic acid groups (broad SMARTS) is 1. The molecule has 1 atom stereocenters. The van der Waals surface area contributed by atoms with Gasteiger partial charge in [-0.2, -0.15) is 0 Å². The Hall–Kier alpha value is -0.860. The van der Waals surface area contributed by atoms with E-state index in [2.05, 4.69) is 6.92 Å². The molecule has 0 aromatic carbocycles. The van der Waals surface area contributed by atoms with Crippen LogP contribution in [0, 0.1) is 11.8 Å². The highest BCUT2D eigenvalue weighted by Crippen LogP contribution is 2.17. The quantitative estimate of drug-likeness (QED) is 0.616. The maximum atomic E-state index is 11.5. The number of Topliss-reactive ketones (excluding diaryl/α,β-unsaturated/α-hetero) is 1. The molecule has 94 valence electrons. The third kappa shape index (κ3) is 7.43. The van der Waals surface area contributed by atoms with Crippen molar-refractivity contribution in [1.29, 1.82) is 0 Å². The summed E-state index contributed by atoms with van der Waals surface area (Å²) < 4.78 is 0. The van der Waals surface area contributed by atoms with Crippen LogP contribution in [0.25, 0.3) is 0 Å². The minimum Gasteiger partial charge on any atom is -0.481 e. The van der Waals surface area contributed by atoms with E-state index in [1.807, 2.05) is 13.8 Å². The molecule has 0 saturated carbocycles. The first-order chi connectivity index (χ1) is 7.47. The second-order valence-corrected chi connectivity index (χ2v) is 4.87. The van der Waals surface area contributed by atoms with Gasteiger partial charge in [-0.25, -0.2) is 0 Å². The fraction of sp³-hybridized carbons (Fsp3) is 0.846. The predicted molar refractivity (Wildman–Crippen MR) is 64.3 cm³/mol. The molecule has 0 aromatic heterocycles. The van der Waals surface area contributed by atoms with Crippen LogP contribution in [-0.2, 0) is 9.59 Å². The van der Waals surface area contributed by atoms with Gasteiger partial charge in [0.15, 0.2) is 0 Å². The minimum absolute atomic E-state index is 0.0823. The summed E-state index contributed by atoms with van der Waals surface area (Å²) in [4.78, 5) is 22.5. The molecule has 1 N–H and O–H groups in total. The molecule has 0 radical (unpaired) electrons. The van der Waals surface area contributed by atoms with Crippen LogP contribution in [0.15, 0.2) is 0 Å². The highest BCUT2D eigenvalue weighted by atomic mass is 16.4. The molecule has 0 bridgehead atoms. The van der Waals surface area contributed by atoms with Crippen LogP contribution in [-0.4, -0.2) is 16.9 Å². The van der Waals surface area contributed by atoms with Crippen LogP contribution in [0.4, 0.5) is 0 Å². The van der Waals surface area contributed by atoms with Crippen LogP contribution < -0.4 is 0 Å². The summed E-state index contributed by atoms with van der Waals surface area (Å²) in [6.45, 7) is 6.04. The number of ketones is 1. The monoisotopic (exact) mass is 228 g/mol. The fourth-order valence-electron chi connectivity index (χ4n) is 1.77. The molecule has 0 heterocycles. The summed E-state index contributed by atoms with van der Waals surface area (Å²) in [7, 11) is 0. The van der Waals surface area contributed by atoms with E-state index >= 15 is 0 Å². The number of carbonyl (C=O) groups excluding carboxylic acids is 1. The van der Waals surface area contributed by atoms with E-state index in [9.17, 15) is 9.59 Å². The van der Waals surface area contributed by atoms with Crippen molar-refractivity contribution in [1.82, 2.24) is 0 Å². The highest BCUT2D eigenvalue weighted by molar-refractivity contribution is 5.83. The second kappa shape index (κ2) is 8.31. The summed E-state index contributed by atoms with van der Waals surface area (Å²) in [6, 6.07) is 0. The molecule has 0 rings (SSSR count). The lowest BCUT2D eigenvalue weighted by atomic mass is 9.93. The molecule has 0 aliphatic rings. The molecule has 0 aromatic rings. The van der Waals surface area contributed by atoms with Gasteiger partial charge in [-0.15, -0.1) is 0 Å². The second-order valence-electron chi connectivity index (χ2n) is 4.87. The zero-order valence-corrected chi connectivity index (χ0v) is 10.7. The van der Waals surface area contributed by atoms with E-state index in [0.717, 1.165) is 19.3 Å². The molecule has 0 fully saturated rings. The molecule has 0 saturated heterocycles. The van der Waals surface area contributed by atoms with Gasteiger partial charge in [0, 0.05) is 12.8 Å². The Morgan fingerprint density at radius 2 is 1.75 bits per heavy atom. The number of unbranched alkanes of at least 4 members (excludes halogenated alkanes) is 2. The molecule has 0 aliphatic heterocycles. The van der Waals surface area contributed by atoms with Crippen molar-refractivity contribution < 1.29 is 14.7 Å². The van der Waals surface area contributed by atoms with E-state index in [0.29, 0.717) is 18.8 Å². The number of hydrogen-bond donors (Lipinski definition) is 1. The van der Waals surface area contributed by atoms with Crippen molar-refractivity contribution >= 4 is 11.8 Å². The van der Waals surface area contributed by atoms with Gasteiger partial charge in [-0.1, -0.05) is 40.0 Å². The maximum Gasteiger partial charge on any atom is 0.306 e. The lowest BCUT2D eigenvalue weighted by Gasteiger charge is -2.12. The molecule has 16 heavy (non-hydrogen) atoms. The number of carbonyl (C=O) groups is 2. The molecule has 0 aliphatic carbocycles. The average Bonchev–Trinajstić information content (AvgIpc) is 2.15. The van der Waals surface area contributed by atoms with Gasteiger partial charge in [-0.05, 0) is 12.3 Å².